The van der Waals surface area contributed by atoms with Crippen molar-refractivity contribution in [1.82, 2.24) is 9.13 Å². The van der Waals surface area contributed by atoms with Crippen molar-refractivity contribution >= 4 is 33.5 Å². The predicted molar refractivity (Wildman–Crippen MR) is 84.2 cm³/mol. The summed E-state index contributed by atoms with van der Waals surface area (Å²) in [5.41, 5.74) is -0.992. The molecule has 0 atom stereocenters. The number of carbonyl (C=O) groups excluding carboxylic acids is 1. The van der Waals surface area contributed by atoms with Gasteiger partial charge in [0.1, 0.15) is 9.71 Å². The first-order valence-electron chi connectivity index (χ1n) is 6.93. The van der Waals surface area contributed by atoms with Gasteiger partial charge in [0, 0.05) is 20.5 Å². The van der Waals surface area contributed by atoms with Crippen LogP contribution in [0.25, 0.3) is 10.2 Å². The number of hydrogen-bond acceptors (Lipinski definition) is 6. The Balaban J connectivity index is 2.30. The zero-order chi connectivity index (χ0) is 17.1. The predicted octanol–water partition coefficient (Wildman–Crippen LogP) is 0.803. The van der Waals surface area contributed by atoms with Gasteiger partial charge in [0.2, 0.25) is 0 Å². The lowest BCUT2D eigenvalue weighted by molar-refractivity contribution is -0.141. The van der Waals surface area contributed by atoms with Gasteiger partial charge in [0.25, 0.3) is 5.56 Å². The SMILES string of the molecule is CC(=O)OCCCCn1c(=O)c2cc(C(=O)O)sc2n(C)c1=O. The van der Waals surface area contributed by atoms with E-state index in [2.05, 4.69) is 0 Å². The number of hydrogen-bond donors (Lipinski definition) is 1. The number of nitrogens with zero attached hydrogens (tertiary/aromatic N) is 2. The van der Waals surface area contributed by atoms with E-state index in [0.29, 0.717) is 17.7 Å². The Morgan fingerprint density at radius 2 is 2.00 bits per heavy atom. The monoisotopic (exact) mass is 340 g/mol. The Morgan fingerprint density at radius 3 is 2.61 bits per heavy atom. The van der Waals surface area contributed by atoms with E-state index in [0.717, 1.165) is 15.9 Å². The van der Waals surface area contributed by atoms with Crippen molar-refractivity contribution in [3.63, 3.8) is 0 Å². The number of fused-ring (bicyclic) bond motifs is 1. The van der Waals surface area contributed by atoms with Crippen LogP contribution in [0.1, 0.15) is 29.4 Å². The fraction of sp³-hybridized carbons (Fsp3) is 0.429. The van der Waals surface area contributed by atoms with Crippen molar-refractivity contribution in [3.05, 3.63) is 31.8 Å². The topological polar surface area (TPSA) is 108 Å². The van der Waals surface area contributed by atoms with Gasteiger partial charge < -0.3 is 9.84 Å². The van der Waals surface area contributed by atoms with Crippen molar-refractivity contribution in [2.24, 2.45) is 7.05 Å². The molecule has 0 aromatic carbocycles. The third-order valence-corrected chi connectivity index (χ3v) is 4.50. The van der Waals surface area contributed by atoms with Gasteiger partial charge in [-0.15, -0.1) is 11.3 Å². The van der Waals surface area contributed by atoms with E-state index in [1.807, 2.05) is 0 Å². The maximum absolute atomic E-state index is 12.4. The van der Waals surface area contributed by atoms with E-state index in [4.69, 9.17) is 9.84 Å². The molecule has 0 aliphatic rings. The Bertz CT molecular complexity index is 876. The number of ether oxygens (including phenoxy) is 1. The molecule has 0 radical (unpaired) electrons. The number of carboxylic acids is 1. The largest absolute Gasteiger partial charge is 0.477 e. The smallest absolute Gasteiger partial charge is 0.345 e. The minimum Gasteiger partial charge on any atom is -0.477 e. The fourth-order valence-electron chi connectivity index (χ4n) is 2.17. The first kappa shape index (κ1) is 16.9. The van der Waals surface area contributed by atoms with Crippen LogP contribution in [-0.2, 0) is 23.1 Å². The lowest BCUT2D eigenvalue weighted by Gasteiger charge is -2.08. The Labute approximate surface area is 134 Å². The number of esters is 1. The second kappa shape index (κ2) is 6.78. The number of carboxylic acid groups (broad SMARTS) is 1. The van der Waals surface area contributed by atoms with Crippen molar-refractivity contribution in [2.45, 2.75) is 26.3 Å². The lowest BCUT2D eigenvalue weighted by Crippen LogP contribution is -2.38. The third kappa shape index (κ3) is 3.50. The number of carbonyl (C=O) groups is 2. The van der Waals surface area contributed by atoms with Crippen LogP contribution >= 0.6 is 11.3 Å². The molecule has 0 aliphatic carbocycles. The summed E-state index contributed by atoms with van der Waals surface area (Å²) in [6, 6.07) is 1.29. The molecule has 124 valence electrons. The van der Waals surface area contributed by atoms with E-state index < -0.39 is 17.2 Å². The fourth-order valence-corrected chi connectivity index (χ4v) is 3.12. The molecule has 0 unspecified atom stereocenters. The van der Waals surface area contributed by atoms with Crippen molar-refractivity contribution in [3.8, 4) is 0 Å². The summed E-state index contributed by atoms with van der Waals surface area (Å²) in [5, 5.41) is 9.24. The molecule has 2 aromatic heterocycles. The van der Waals surface area contributed by atoms with E-state index >= 15 is 0 Å². The first-order chi connectivity index (χ1) is 10.8. The minimum absolute atomic E-state index is 0.0136. The Morgan fingerprint density at radius 1 is 1.30 bits per heavy atom. The van der Waals surface area contributed by atoms with Crippen LogP contribution in [0.5, 0.6) is 0 Å². The minimum atomic E-state index is -1.13. The number of aromatic nitrogens is 2. The van der Waals surface area contributed by atoms with Crippen LogP contribution in [0.4, 0.5) is 0 Å². The highest BCUT2D eigenvalue weighted by Crippen LogP contribution is 2.21. The van der Waals surface area contributed by atoms with Crippen LogP contribution in [0.3, 0.4) is 0 Å². The Hall–Kier alpha value is -2.42. The highest BCUT2D eigenvalue weighted by Gasteiger charge is 2.16. The summed E-state index contributed by atoms with van der Waals surface area (Å²) in [5.74, 6) is -1.51. The normalized spacial score (nSPS) is 10.9. The zero-order valence-electron chi connectivity index (χ0n) is 12.7. The number of rotatable bonds is 6. The quantitative estimate of drug-likeness (QED) is 0.616. The molecule has 0 spiro atoms. The van der Waals surface area contributed by atoms with Crippen molar-refractivity contribution in [2.75, 3.05) is 6.61 Å². The van der Waals surface area contributed by atoms with E-state index in [9.17, 15) is 19.2 Å². The molecule has 0 saturated heterocycles. The summed E-state index contributed by atoms with van der Waals surface area (Å²) in [4.78, 5) is 46.7. The number of aryl methyl sites for hydroxylation is 1. The first-order valence-corrected chi connectivity index (χ1v) is 7.74. The zero-order valence-corrected chi connectivity index (χ0v) is 13.5. The van der Waals surface area contributed by atoms with E-state index in [1.54, 1.807) is 0 Å². The standard InChI is InChI=1S/C14H16N2O6S/c1-8(17)22-6-4-3-5-16-11(18)9-7-10(13(19)20)23-12(9)15(2)14(16)21/h7H,3-6H2,1-2H3,(H,19,20). The van der Waals surface area contributed by atoms with Crippen LogP contribution < -0.4 is 11.2 Å². The summed E-state index contributed by atoms with van der Waals surface area (Å²) in [6.45, 7) is 1.72. The highest BCUT2D eigenvalue weighted by molar-refractivity contribution is 7.20. The highest BCUT2D eigenvalue weighted by atomic mass is 32.1. The summed E-state index contributed by atoms with van der Waals surface area (Å²) < 4.78 is 7.15. The van der Waals surface area contributed by atoms with Gasteiger partial charge in [-0.1, -0.05) is 0 Å². The van der Waals surface area contributed by atoms with Crippen molar-refractivity contribution < 1.29 is 19.4 Å². The molecule has 2 heterocycles. The molecule has 0 fully saturated rings. The average Bonchev–Trinajstić information content (AvgIpc) is 2.93. The molecular weight excluding hydrogens is 324 g/mol. The summed E-state index contributed by atoms with van der Waals surface area (Å²) in [7, 11) is 1.50. The van der Waals surface area contributed by atoms with Crippen LogP contribution in [0, 0.1) is 0 Å². The summed E-state index contributed by atoms with van der Waals surface area (Å²) in [6.07, 6.45) is 1.01. The average molecular weight is 340 g/mol. The van der Waals surface area contributed by atoms with Gasteiger partial charge >= 0.3 is 17.6 Å². The molecule has 23 heavy (non-hydrogen) atoms. The van der Waals surface area contributed by atoms with E-state index in [-0.39, 0.29) is 29.4 Å². The second-order valence-electron chi connectivity index (χ2n) is 4.98. The number of aromatic carboxylic acids is 1. The molecule has 8 nitrogen and oxygen atoms in total. The van der Waals surface area contributed by atoms with Gasteiger partial charge in [-0.2, -0.15) is 0 Å². The molecule has 0 amide bonds. The third-order valence-electron chi connectivity index (χ3n) is 3.30. The molecule has 9 heteroatoms. The molecule has 1 N–H and O–H groups in total. The van der Waals surface area contributed by atoms with Gasteiger partial charge in [0.05, 0.1) is 12.0 Å². The lowest BCUT2D eigenvalue weighted by atomic mass is 10.3. The van der Waals surface area contributed by atoms with Crippen molar-refractivity contribution in [1.29, 1.82) is 0 Å². The van der Waals surface area contributed by atoms with Crippen LogP contribution in [0.2, 0.25) is 0 Å². The second-order valence-corrected chi connectivity index (χ2v) is 6.01. The number of unbranched alkanes of at least 4 members (excludes halogenated alkanes) is 1. The molecule has 0 saturated carbocycles. The van der Waals surface area contributed by atoms with Gasteiger partial charge in [-0.25, -0.2) is 9.59 Å². The van der Waals surface area contributed by atoms with Crippen LogP contribution in [-0.4, -0.2) is 32.8 Å². The molecule has 0 bridgehead atoms. The van der Waals surface area contributed by atoms with Crippen LogP contribution in [0.15, 0.2) is 15.7 Å². The molecule has 0 aliphatic heterocycles. The molecule has 2 rings (SSSR count). The van der Waals surface area contributed by atoms with Gasteiger partial charge in [0.15, 0.2) is 0 Å². The maximum atomic E-state index is 12.4. The summed E-state index contributed by atoms with van der Waals surface area (Å²) >= 11 is 0.897. The maximum Gasteiger partial charge on any atom is 0.345 e. The number of thiophene rings is 1. The van der Waals surface area contributed by atoms with Gasteiger partial charge in [-0.3, -0.25) is 18.7 Å². The Kier molecular flexibility index (Phi) is 4.99. The molecule has 2 aromatic rings. The van der Waals surface area contributed by atoms with E-state index in [1.165, 1.54) is 24.6 Å². The van der Waals surface area contributed by atoms with Gasteiger partial charge in [-0.05, 0) is 18.9 Å². The molecular formula is C14H16N2O6S.